The number of sulfone groups is 1. The average molecular weight is 1020 g/mol. The van der Waals surface area contributed by atoms with Crippen molar-refractivity contribution < 1.29 is 41.9 Å². The van der Waals surface area contributed by atoms with Crippen molar-refractivity contribution in [2.75, 3.05) is 37.2 Å². The zero-order valence-corrected chi connectivity index (χ0v) is 46.0. The molecular weight excluding hydrogens is 941 g/mol. The molecule has 9 nitrogen and oxygen atoms in total. The second-order valence-corrected chi connectivity index (χ2v) is 29.6. The highest BCUT2D eigenvalue weighted by Crippen LogP contribution is 2.55. The molecule has 5 heterocycles. The molecule has 1 spiro atoms. The van der Waals surface area contributed by atoms with E-state index in [2.05, 4.69) is 78.9 Å². The first-order valence-electron chi connectivity index (χ1n) is 25.3. The van der Waals surface area contributed by atoms with Gasteiger partial charge in [-0.15, -0.1) is 47.0 Å². The largest absolute Gasteiger partial charge is 0.497 e. The lowest BCUT2D eigenvalue weighted by molar-refractivity contribution is -0.337. The summed E-state index contributed by atoms with van der Waals surface area (Å²) in [6.45, 7) is 17.9. The molecule has 378 valence electrons. The van der Waals surface area contributed by atoms with Gasteiger partial charge in [-0.1, -0.05) is 78.8 Å². The van der Waals surface area contributed by atoms with Crippen molar-refractivity contribution in [3.05, 3.63) is 60.2 Å². The number of benzene rings is 2. The number of aliphatic hydroxyl groups is 1. The van der Waals surface area contributed by atoms with Gasteiger partial charge in [0.1, 0.15) is 11.9 Å². The van der Waals surface area contributed by atoms with E-state index < -0.39 is 43.3 Å². The number of aliphatic hydroxyl groups excluding tert-OH is 1. The third-order valence-electron chi connectivity index (χ3n) is 16.1. The molecule has 7 rings (SSSR count). The van der Waals surface area contributed by atoms with Gasteiger partial charge in [0.25, 0.3) is 0 Å². The summed E-state index contributed by atoms with van der Waals surface area (Å²) in [4.78, 5) is 0.281. The Bertz CT molecular complexity index is 1940. The molecule has 0 aromatic heterocycles. The van der Waals surface area contributed by atoms with Crippen LogP contribution in [0.2, 0.25) is 0 Å². The van der Waals surface area contributed by atoms with E-state index in [1.807, 2.05) is 53.9 Å². The van der Waals surface area contributed by atoms with Gasteiger partial charge in [-0.05, 0) is 129 Å². The summed E-state index contributed by atoms with van der Waals surface area (Å²) in [5, 5.41) is 11.9. The second kappa shape index (κ2) is 23.5. The molecule has 0 aliphatic carbocycles. The molecule has 5 aliphatic rings. The van der Waals surface area contributed by atoms with E-state index in [4.69, 9.17) is 28.4 Å². The van der Waals surface area contributed by atoms with Crippen molar-refractivity contribution in [3.8, 4) is 5.75 Å². The first-order chi connectivity index (χ1) is 31.9. The molecule has 5 aliphatic heterocycles. The lowest BCUT2D eigenvalue weighted by Gasteiger charge is -2.52. The Labute approximate surface area is 421 Å². The molecular formula is C53H82O9S5. The predicted octanol–water partition coefficient (Wildman–Crippen LogP) is 12.3. The van der Waals surface area contributed by atoms with Gasteiger partial charge in [0.05, 0.1) is 55.9 Å². The van der Waals surface area contributed by atoms with Crippen LogP contribution in [0.1, 0.15) is 131 Å². The summed E-state index contributed by atoms with van der Waals surface area (Å²) in [5.74, 6) is 4.92. The Morgan fingerprint density at radius 3 is 2.03 bits per heavy atom. The molecule has 14 heteroatoms. The lowest BCUT2D eigenvalue weighted by atomic mass is 9.79. The quantitative estimate of drug-likeness (QED) is 0.153. The first-order valence-corrected chi connectivity index (χ1v) is 30.8. The lowest BCUT2D eigenvalue weighted by Crippen LogP contribution is -2.56. The van der Waals surface area contributed by atoms with E-state index in [-0.39, 0.29) is 63.7 Å². The third-order valence-corrected chi connectivity index (χ3v) is 25.8. The molecule has 0 bridgehead atoms. The number of hydrogen-bond donors (Lipinski definition) is 1. The molecule has 0 radical (unpaired) electrons. The van der Waals surface area contributed by atoms with Crippen LogP contribution in [0.3, 0.4) is 0 Å². The van der Waals surface area contributed by atoms with Gasteiger partial charge in [-0.2, -0.15) is 0 Å². The highest BCUT2D eigenvalue weighted by Gasteiger charge is 2.53. The third kappa shape index (κ3) is 12.4. The monoisotopic (exact) mass is 1020 g/mol. The van der Waals surface area contributed by atoms with Crippen LogP contribution >= 0.6 is 47.0 Å². The Kier molecular flexibility index (Phi) is 19.0. The van der Waals surface area contributed by atoms with Crippen molar-refractivity contribution in [1.82, 2.24) is 0 Å². The number of methoxy groups -OCH3 is 2. The first kappa shape index (κ1) is 54.1. The fourth-order valence-electron chi connectivity index (χ4n) is 11.4. The van der Waals surface area contributed by atoms with E-state index in [1.165, 1.54) is 17.9 Å². The number of rotatable bonds is 18. The fraction of sp³-hybridized carbons (Fsp3) is 0.774. The maximum atomic E-state index is 15.1. The van der Waals surface area contributed by atoms with Crippen molar-refractivity contribution in [2.24, 2.45) is 35.5 Å². The summed E-state index contributed by atoms with van der Waals surface area (Å²) in [7, 11) is -0.529. The van der Waals surface area contributed by atoms with Gasteiger partial charge >= 0.3 is 0 Å². The van der Waals surface area contributed by atoms with Crippen molar-refractivity contribution in [1.29, 1.82) is 0 Å². The van der Waals surface area contributed by atoms with Crippen molar-refractivity contribution >= 4 is 56.9 Å². The average Bonchev–Trinajstić information content (AvgIpc) is 3.34. The van der Waals surface area contributed by atoms with Crippen LogP contribution in [0.25, 0.3) is 0 Å². The number of hydrogen-bond acceptors (Lipinski definition) is 13. The van der Waals surface area contributed by atoms with Gasteiger partial charge in [0, 0.05) is 37.9 Å². The van der Waals surface area contributed by atoms with E-state index in [9.17, 15) is 5.11 Å². The second-order valence-electron chi connectivity index (χ2n) is 21.0. The molecule has 5 fully saturated rings. The van der Waals surface area contributed by atoms with E-state index in [1.54, 1.807) is 38.5 Å². The van der Waals surface area contributed by atoms with Crippen LogP contribution < -0.4 is 4.74 Å². The predicted molar refractivity (Wildman–Crippen MR) is 280 cm³/mol. The van der Waals surface area contributed by atoms with Gasteiger partial charge in [-0.25, -0.2) is 8.42 Å². The van der Waals surface area contributed by atoms with E-state index in [0.717, 1.165) is 67.8 Å². The molecule has 67 heavy (non-hydrogen) atoms. The molecule has 14 atom stereocenters. The molecule has 2 aromatic carbocycles. The van der Waals surface area contributed by atoms with Crippen LogP contribution in [-0.4, -0.2) is 107 Å². The topological polar surface area (TPSA) is 110 Å². The van der Waals surface area contributed by atoms with E-state index in [0.29, 0.717) is 18.3 Å². The Morgan fingerprint density at radius 2 is 1.42 bits per heavy atom. The SMILES string of the molecule is COc1ccc(C2O[C@H](C(C)C)[C@@H](OC)[C@@H](CC3([C@@H](C)[C@@H](O)CC([C@@H](C)[C@@H]4O[C@]5(CC[C@@H](C)[C@H](CC[C@H](C)C6(C)SCCCS6)O5)CC[C@@H]4C)S(=O)(=O)c4ccccc4)SCCCS3)O2)cc1. The maximum absolute atomic E-state index is 15.1. The summed E-state index contributed by atoms with van der Waals surface area (Å²) in [6, 6.07) is 16.7. The smallest absolute Gasteiger partial charge is 0.184 e. The Hall–Kier alpha value is -0.650. The van der Waals surface area contributed by atoms with Crippen LogP contribution in [-0.2, 0) is 33.5 Å². The number of thioether (sulfide) groups is 4. The summed E-state index contributed by atoms with van der Waals surface area (Å²) in [6.07, 6.45) is 5.94. The van der Waals surface area contributed by atoms with Crippen LogP contribution in [0, 0.1) is 35.5 Å². The summed E-state index contributed by atoms with van der Waals surface area (Å²) < 4.78 is 69.8. The highest BCUT2D eigenvalue weighted by atomic mass is 32.2. The minimum absolute atomic E-state index is 0.0840. The molecule has 5 saturated heterocycles. The van der Waals surface area contributed by atoms with Crippen LogP contribution in [0.4, 0.5) is 0 Å². The van der Waals surface area contributed by atoms with E-state index >= 15 is 8.42 Å². The highest BCUT2D eigenvalue weighted by molar-refractivity contribution is 8.19. The normalized spacial score (nSPS) is 33.7. The Morgan fingerprint density at radius 1 is 0.791 bits per heavy atom. The van der Waals surface area contributed by atoms with Gasteiger partial charge in [-0.3, -0.25) is 0 Å². The van der Waals surface area contributed by atoms with Crippen molar-refractivity contribution in [3.63, 3.8) is 0 Å². The molecule has 0 amide bonds. The Balaban J connectivity index is 1.13. The molecule has 2 unspecified atom stereocenters. The van der Waals surface area contributed by atoms with Gasteiger partial charge in [0.15, 0.2) is 21.9 Å². The van der Waals surface area contributed by atoms with Gasteiger partial charge in [0.2, 0.25) is 0 Å². The summed E-state index contributed by atoms with van der Waals surface area (Å²) in [5.41, 5.74) is 0.904. The standard InChI is InChI=1S/C53H82O9S5/c1-34(2)47-49(58-10)45(59-50(60-47)40-19-21-41(57-9)22-20-40)33-53(65-30-15-31-66-53)39(7)43(54)32-46(67(55,56)42-16-12-11-13-17-42)38(6)48-36(4)25-27-52(62-48)26-24-35(3)44(61-52)23-18-37(5)51(8)63-28-14-29-64-51/h11-13,16-17,19-22,34-39,43-50,54H,14-15,18,23-33H2,1-10H3/t35-,36+,37+,38-,39+,43+,44+,45-,46?,47-,48-,49+,50?,52-/m1/s1. The molecule has 1 N–H and O–H groups in total. The van der Waals surface area contributed by atoms with Crippen molar-refractivity contribution in [2.45, 2.75) is 187 Å². The number of ether oxygens (including phenoxy) is 6. The fourth-order valence-corrected chi connectivity index (χ4v) is 20.3. The molecule has 2 aromatic rings. The zero-order valence-electron chi connectivity index (χ0n) is 41.9. The van der Waals surface area contributed by atoms with Gasteiger partial charge < -0.3 is 33.5 Å². The van der Waals surface area contributed by atoms with Crippen LogP contribution in [0.5, 0.6) is 5.75 Å². The van der Waals surface area contributed by atoms with Crippen LogP contribution in [0.15, 0.2) is 59.5 Å². The minimum atomic E-state index is -3.92. The minimum Gasteiger partial charge on any atom is -0.497 e. The summed E-state index contributed by atoms with van der Waals surface area (Å²) >= 11 is 8.00. The zero-order chi connectivity index (χ0) is 48.1. The maximum Gasteiger partial charge on any atom is 0.184 e. The molecule has 0 saturated carbocycles.